The molecule has 0 bridgehead atoms. The van der Waals surface area contributed by atoms with E-state index in [9.17, 15) is 14.4 Å². The maximum absolute atomic E-state index is 13.4. The third kappa shape index (κ3) is 4.75. The summed E-state index contributed by atoms with van der Waals surface area (Å²) in [5.41, 5.74) is 0.430. The first-order valence-corrected chi connectivity index (χ1v) is 12.3. The number of fused-ring (bicyclic) bond motifs is 1. The summed E-state index contributed by atoms with van der Waals surface area (Å²) in [6.45, 7) is 10.0. The number of para-hydroxylation sites is 1. The summed E-state index contributed by atoms with van der Waals surface area (Å²) in [4.78, 5) is 47.7. The molecule has 0 unspecified atom stereocenters. The van der Waals surface area contributed by atoms with Gasteiger partial charge in [0.05, 0.1) is 10.2 Å². The second-order valence-electron chi connectivity index (χ2n) is 8.36. The van der Waals surface area contributed by atoms with Crippen molar-refractivity contribution in [2.24, 2.45) is 0 Å². The molecule has 8 nitrogen and oxygen atoms in total. The Hall–Kier alpha value is -3.46. The zero-order valence-electron chi connectivity index (χ0n) is 19.5. The van der Waals surface area contributed by atoms with E-state index in [0.29, 0.717) is 26.2 Å². The van der Waals surface area contributed by atoms with Gasteiger partial charge in [0, 0.05) is 51.2 Å². The predicted octanol–water partition coefficient (Wildman–Crippen LogP) is 3.31. The van der Waals surface area contributed by atoms with Crippen LogP contribution in [-0.4, -0.2) is 59.0 Å². The van der Waals surface area contributed by atoms with Crippen LogP contribution in [0.15, 0.2) is 54.1 Å². The fraction of sp³-hybridized carbons (Fsp3) is 0.360. The van der Waals surface area contributed by atoms with Crippen LogP contribution in [0.3, 0.4) is 0 Å². The molecule has 1 N–H and O–H groups in total. The Balaban J connectivity index is 1.55. The van der Waals surface area contributed by atoms with Crippen molar-refractivity contribution in [3.05, 3.63) is 70.7 Å². The van der Waals surface area contributed by atoms with E-state index < -0.39 is 11.3 Å². The molecule has 2 amide bonds. The summed E-state index contributed by atoms with van der Waals surface area (Å²) in [6.07, 6.45) is 5.47. The summed E-state index contributed by atoms with van der Waals surface area (Å²) in [5, 5.41) is 3.58. The first-order valence-electron chi connectivity index (χ1n) is 11.5. The minimum Gasteiger partial charge on any atom is -0.350 e. The Bertz CT molecular complexity index is 1240. The molecule has 0 saturated carbocycles. The predicted molar refractivity (Wildman–Crippen MR) is 136 cm³/mol. The number of hydrogen-bond donors (Lipinski definition) is 1. The van der Waals surface area contributed by atoms with Crippen molar-refractivity contribution < 1.29 is 9.59 Å². The zero-order valence-corrected chi connectivity index (χ0v) is 20.3. The smallest absolute Gasteiger partial charge is 0.259 e. The van der Waals surface area contributed by atoms with Crippen LogP contribution in [0.4, 0.5) is 5.13 Å². The molecule has 1 aromatic carbocycles. The van der Waals surface area contributed by atoms with Crippen molar-refractivity contribution in [2.75, 3.05) is 37.6 Å². The lowest BCUT2D eigenvalue weighted by molar-refractivity contribution is 0.0744. The Kier molecular flexibility index (Phi) is 7.12. The lowest BCUT2D eigenvalue weighted by Gasteiger charge is -2.34. The maximum atomic E-state index is 13.4. The number of carbonyl (C=O) groups is 2. The fourth-order valence-electron chi connectivity index (χ4n) is 3.90. The number of carbonyl (C=O) groups excluding carboxylic acids is 2. The molecule has 0 radical (unpaired) electrons. The summed E-state index contributed by atoms with van der Waals surface area (Å²) < 4.78 is 2.92. The molecule has 3 aromatic rings. The standard InChI is InChI=1S/C25H29N5O3S/c1-4-10-26-23(32)18-15-30(17(3)5-2)16-19(22(18)31)24(33)28-11-13-29(14-12-28)25-27-20-8-6-7-9-21(20)34-25/h4,6-9,15-17H,1,5,10-14H2,2-3H3,(H,26,32)/t17-/m1/s1. The van der Waals surface area contributed by atoms with Crippen LogP contribution < -0.4 is 15.6 Å². The molecule has 1 aliphatic rings. The summed E-state index contributed by atoms with van der Waals surface area (Å²) in [7, 11) is 0. The largest absolute Gasteiger partial charge is 0.350 e. The van der Waals surface area contributed by atoms with Gasteiger partial charge in [0.15, 0.2) is 5.13 Å². The van der Waals surface area contributed by atoms with E-state index >= 15 is 0 Å². The van der Waals surface area contributed by atoms with Gasteiger partial charge in [0.1, 0.15) is 11.1 Å². The molecule has 2 aromatic heterocycles. The second-order valence-corrected chi connectivity index (χ2v) is 9.37. The van der Waals surface area contributed by atoms with Crippen LogP contribution in [0.2, 0.25) is 0 Å². The number of anilines is 1. The molecule has 178 valence electrons. The lowest BCUT2D eigenvalue weighted by atomic mass is 10.1. The lowest BCUT2D eigenvalue weighted by Crippen LogP contribution is -2.50. The van der Waals surface area contributed by atoms with Crippen molar-refractivity contribution >= 4 is 38.5 Å². The Morgan fingerprint density at radius 3 is 2.56 bits per heavy atom. The quantitative estimate of drug-likeness (QED) is 0.526. The third-order valence-electron chi connectivity index (χ3n) is 6.15. The highest BCUT2D eigenvalue weighted by atomic mass is 32.1. The van der Waals surface area contributed by atoms with E-state index in [1.165, 1.54) is 6.20 Å². The normalized spacial score (nSPS) is 14.8. The molecule has 0 spiro atoms. The van der Waals surface area contributed by atoms with E-state index in [2.05, 4.69) is 22.9 Å². The van der Waals surface area contributed by atoms with E-state index in [-0.39, 0.29) is 29.6 Å². The highest BCUT2D eigenvalue weighted by Gasteiger charge is 2.27. The van der Waals surface area contributed by atoms with Gasteiger partial charge in [-0.1, -0.05) is 36.5 Å². The monoisotopic (exact) mass is 479 g/mol. The molecular formula is C25H29N5O3S. The highest BCUT2D eigenvalue weighted by molar-refractivity contribution is 7.22. The van der Waals surface area contributed by atoms with Crippen LogP contribution in [0, 0.1) is 0 Å². The Morgan fingerprint density at radius 1 is 1.18 bits per heavy atom. The number of hydrogen-bond acceptors (Lipinski definition) is 6. The zero-order chi connectivity index (χ0) is 24.2. The topological polar surface area (TPSA) is 87.5 Å². The highest BCUT2D eigenvalue weighted by Crippen LogP contribution is 2.29. The molecule has 1 fully saturated rings. The second kappa shape index (κ2) is 10.2. The molecule has 1 atom stereocenters. The van der Waals surface area contributed by atoms with Crippen LogP contribution >= 0.6 is 11.3 Å². The van der Waals surface area contributed by atoms with Gasteiger partial charge < -0.3 is 19.7 Å². The van der Waals surface area contributed by atoms with Crippen LogP contribution in [0.25, 0.3) is 10.2 Å². The average molecular weight is 480 g/mol. The van der Waals surface area contributed by atoms with Gasteiger partial charge in [-0.15, -0.1) is 6.58 Å². The van der Waals surface area contributed by atoms with Crippen molar-refractivity contribution in [2.45, 2.75) is 26.3 Å². The minimum absolute atomic E-state index is 0.0267. The van der Waals surface area contributed by atoms with Crippen molar-refractivity contribution in [1.82, 2.24) is 19.8 Å². The van der Waals surface area contributed by atoms with Crippen molar-refractivity contribution in [1.29, 1.82) is 0 Å². The SMILES string of the molecule is C=CCNC(=O)c1cn([C@H](C)CC)cc(C(=O)N2CCN(c3nc4ccccc4s3)CC2)c1=O. The number of nitrogens with zero attached hydrogens (tertiary/aromatic N) is 4. The summed E-state index contributed by atoms with van der Waals surface area (Å²) in [5.74, 6) is -0.846. The number of piperazine rings is 1. The van der Waals surface area contributed by atoms with E-state index in [4.69, 9.17) is 4.98 Å². The molecule has 1 aliphatic heterocycles. The van der Waals surface area contributed by atoms with Crippen LogP contribution in [0.1, 0.15) is 47.0 Å². The van der Waals surface area contributed by atoms with Crippen LogP contribution in [-0.2, 0) is 0 Å². The number of aromatic nitrogens is 2. The number of amides is 2. The number of pyridine rings is 1. The summed E-state index contributed by atoms with van der Waals surface area (Å²) >= 11 is 1.64. The van der Waals surface area contributed by atoms with E-state index in [1.807, 2.05) is 32.0 Å². The number of thiazole rings is 1. The summed E-state index contributed by atoms with van der Waals surface area (Å²) in [6, 6.07) is 8.06. The molecule has 3 heterocycles. The first-order chi connectivity index (χ1) is 16.4. The van der Waals surface area contributed by atoms with Gasteiger partial charge in [0.2, 0.25) is 5.43 Å². The Labute approximate surface area is 202 Å². The number of benzene rings is 1. The fourth-order valence-corrected chi connectivity index (χ4v) is 4.92. The van der Waals surface area contributed by atoms with Gasteiger partial charge in [-0.3, -0.25) is 14.4 Å². The number of nitrogens with one attached hydrogen (secondary N) is 1. The van der Waals surface area contributed by atoms with E-state index in [1.54, 1.807) is 33.1 Å². The van der Waals surface area contributed by atoms with Gasteiger partial charge in [-0.05, 0) is 25.5 Å². The first kappa shape index (κ1) is 23.7. The maximum Gasteiger partial charge on any atom is 0.259 e. The van der Waals surface area contributed by atoms with Gasteiger partial charge in [-0.2, -0.15) is 0 Å². The minimum atomic E-state index is -0.542. The van der Waals surface area contributed by atoms with Crippen molar-refractivity contribution in [3.63, 3.8) is 0 Å². The van der Waals surface area contributed by atoms with Gasteiger partial charge in [0.25, 0.3) is 11.8 Å². The molecule has 1 saturated heterocycles. The van der Waals surface area contributed by atoms with E-state index in [0.717, 1.165) is 21.8 Å². The number of rotatable bonds is 7. The molecular weight excluding hydrogens is 450 g/mol. The van der Waals surface area contributed by atoms with Gasteiger partial charge in [-0.25, -0.2) is 4.98 Å². The van der Waals surface area contributed by atoms with Crippen molar-refractivity contribution in [3.8, 4) is 0 Å². The average Bonchev–Trinajstić information content (AvgIpc) is 3.31. The molecule has 0 aliphatic carbocycles. The third-order valence-corrected chi connectivity index (χ3v) is 7.24. The molecule has 9 heteroatoms. The molecule has 34 heavy (non-hydrogen) atoms. The molecule has 4 rings (SSSR count). The van der Waals surface area contributed by atoms with Crippen LogP contribution in [0.5, 0.6) is 0 Å². The van der Waals surface area contributed by atoms with Gasteiger partial charge >= 0.3 is 0 Å². The Morgan fingerprint density at radius 2 is 1.88 bits per heavy atom.